The lowest BCUT2D eigenvalue weighted by molar-refractivity contribution is 0.423. The zero-order valence-electron chi connectivity index (χ0n) is 7.10. The molecule has 1 heterocycles. The second kappa shape index (κ2) is 3.90. The van der Waals surface area contributed by atoms with Gasteiger partial charge in [-0.2, -0.15) is 0 Å². The maximum absolute atomic E-state index is 13.3. The van der Waals surface area contributed by atoms with Gasteiger partial charge in [0.1, 0.15) is 21.8 Å². The van der Waals surface area contributed by atoms with Crippen molar-refractivity contribution >= 4 is 27.5 Å². The number of rotatable bonds is 1. The molecule has 0 N–H and O–H groups in total. The van der Waals surface area contributed by atoms with Crippen LogP contribution in [0.2, 0.25) is 5.22 Å². The highest BCUT2D eigenvalue weighted by Gasteiger charge is 2.17. The summed E-state index contributed by atoms with van der Waals surface area (Å²) in [4.78, 5) is 0. The van der Waals surface area contributed by atoms with Crippen LogP contribution in [-0.2, 0) is 0 Å². The van der Waals surface area contributed by atoms with Crippen LogP contribution in [0.25, 0.3) is 11.3 Å². The number of aromatic nitrogens is 1. The molecule has 1 aromatic heterocycles. The minimum absolute atomic E-state index is 0.0220. The lowest BCUT2D eigenvalue weighted by Crippen LogP contribution is -1.86. The van der Waals surface area contributed by atoms with E-state index in [9.17, 15) is 8.78 Å². The third-order valence-corrected chi connectivity index (χ3v) is 3.01. The Morgan fingerprint density at radius 1 is 1.33 bits per heavy atom. The molecule has 6 heteroatoms. The molecule has 2 rings (SSSR count). The van der Waals surface area contributed by atoms with Crippen LogP contribution >= 0.6 is 27.5 Å². The van der Waals surface area contributed by atoms with Gasteiger partial charge in [-0.1, -0.05) is 5.16 Å². The minimum atomic E-state index is -0.722. The van der Waals surface area contributed by atoms with E-state index in [0.29, 0.717) is 4.47 Å². The summed E-state index contributed by atoms with van der Waals surface area (Å²) in [5.41, 5.74) is 0.330. The Hall–Kier alpha value is -0.940. The van der Waals surface area contributed by atoms with Crippen molar-refractivity contribution in [2.45, 2.75) is 0 Å². The molecule has 0 unspecified atom stereocenters. The molecule has 0 fully saturated rings. The first kappa shape index (κ1) is 10.6. The van der Waals surface area contributed by atoms with Crippen molar-refractivity contribution in [3.63, 3.8) is 0 Å². The van der Waals surface area contributed by atoms with Crippen LogP contribution in [0.4, 0.5) is 8.78 Å². The fourth-order valence-corrected chi connectivity index (χ4v) is 1.59. The molecule has 78 valence electrons. The summed E-state index contributed by atoms with van der Waals surface area (Å²) in [7, 11) is 0. The molecule has 1 aromatic carbocycles. The second-order valence-corrected chi connectivity index (χ2v) is 3.88. The smallest absolute Gasteiger partial charge is 0.240 e. The molecule has 0 saturated carbocycles. The highest BCUT2D eigenvalue weighted by atomic mass is 79.9. The topological polar surface area (TPSA) is 26.0 Å². The van der Waals surface area contributed by atoms with Gasteiger partial charge in [0.15, 0.2) is 0 Å². The molecule has 15 heavy (non-hydrogen) atoms. The van der Waals surface area contributed by atoms with Gasteiger partial charge in [-0.25, -0.2) is 8.78 Å². The molecule has 2 nitrogen and oxygen atoms in total. The summed E-state index contributed by atoms with van der Waals surface area (Å²) in [6.45, 7) is 0. The van der Waals surface area contributed by atoms with E-state index in [4.69, 9.17) is 11.6 Å². The second-order valence-electron chi connectivity index (χ2n) is 2.74. The largest absolute Gasteiger partial charge is 0.343 e. The summed E-state index contributed by atoms with van der Waals surface area (Å²) < 4.78 is 31.0. The Kier molecular flexibility index (Phi) is 2.75. The minimum Gasteiger partial charge on any atom is -0.343 e. The Morgan fingerprint density at radius 2 is 2.07 bits per heavy atom. The van der Waals surface area contributed by atoms with Crippen molar-refractivity contribution in [3.05, 3.63) is 39.5 Å². The maximum Gasteiger partial charge on any atom is 0.240 e. The van der Waals surface area contributed by atoms with Gasteiger partial charge in [-0.3, -0.25) is 0 Å². The van der Waals surface area contributed by atoms with Crippen LogP contribution in [0, 0.1) is 11.6 Å². The fourth-order valence-electron chi connectivity index (χ4n) is 1.11. The van der Waals surface area contributed by atoms with Crippen LogP contribution in [0.15, 0.2) is 27.2 Å². The van der Waals surface area contributed by atoms with Crippen LogP contribution in [0.3, 0.4) is 0 Å². The van der Waals surface area contributed by atoms with Gasteiger partial charge >= 0.3 is 0 Å². The number of hydrogen-bond donors (Lipinski definition) is 0. The number of benzene rings is 1. The molecule has 0 bridgehead atoms. The summed E-state index contributed by atoms with van der Waals surface area (Å²) in [5.74, 6) is -1.37. The first-order chi connectivity index (χ1) is 7.09. The SMILES string of the molecule is Fc1ccc(-c2noc(Cl)c2Br)c(F)c1. The van der Waals surface area contributed by atoms with E-state index in [-0.39, 0.29) is 16.5 Å². The van der Waals surface area contributed by atoms with Crippen molar-refractivity contribution in [1.29, 1.82) is 0 Å². The Balaban J connectivity index is 2.59. The van der Waals surface area contributed by atoms with Gasteiger partial charge < -0.3 is 4.52 Å². The van der Waals surface area contributed by atoms with Gasteiger partial charge in [0, 0.05) is 11.6 Å². The van der Waals surface area contributed by atoms with E-state index < -0.39 is 11.6 Å². The highest BCUT2D eigenvalue weighted by Crippen LogP contribution is 2.34. The molecular formula is C9H3BrClF2NO. The van der Waals surface area contributed by atoms with Crippen molar-refractivity contribution in [1.82, 2.24) is 5.16 Å². The molecule has 0 aliphatic carbocycles. The van der Waals surface area contributed by atoms with Gasteiger partial charge in [0.2, 0.25) is 5.22 Å². The molecule has 0 saturated heterocycles. The van der Waals surface area contributed by atoms with Gasteiger partial charge in [-0.15, -0.1) is 0 Å². The molecular weight excluding hydrogens is 291 g/mol. The van der Waals surface area contributed by atoms with E-state index >= 15 is 0 Å². The van der Waals surface area contributed by atoms with E-state index in [1.165, 1.54) is 6.07 Å². The zero-order chi connectivity index (χ0) is 11.0. The third kappa shape index (κ3) is 1.89. The predicted molar refractivity (Wildman–Crippen MR) is 54.6 cm³/mol. The lowest BCUT2D eigenvalue weighted by Gasteiger charge is -1.98. The Bertz CT molecular complexity index is 515. The number of hydrogen-bond acceptors (Lipinski definition) is 2. The maximum atomic E-state index is 13.3. The zero-order valence-corrected chi connectivity index (χ0v) is 9.44. The fraction of sp³-hybridized carbons (Fsp3) is 0. The van der Waals surface area contributed by atoms with Gasteiger partial charge in [-0.05, 0) is 39.7 Å². The summed E-state index contributed by atoms with van der Waals surface area (Å²) in [6, 6.07) is 3.17. The van der Waals surface area contributed by atoms with Crippen molar-refractivity contribution in [3.8, 4) is 11.3 Å². The molecule has 0 atom stereocenters. The molecule has 0 amide bonds. The molecule has 0 aliphatic rings. The summed E-state index contributed by atoms with van der Waals surface area (Å²) in [6.07, 6.45) is 0. The highest BCUT2D eigenvalue weighted by molar-refractivity contribution is 9.10. The monoisotopic (exact) mass is 293 g/mol. The normalized spacial score (nSPS) is 10.7. The van der Waals surface area contributed by atoms with Crippen molar-refractivity contribution in [2.75, 3.05) is 0 Å². The average Bonchev–Trinajstić information content (AvgIpc) is 2.49. The molecule has 0 spiro atoms. The first-order valence-corrected chi connectivity index (χ1v) is 5.03. The summed E-state index contributed by atoms with van der Waals surface area (Å²) >= 11 is 8.68. The van der Waals surface area contributed by atoms with E-state index in [2.05, 4.69) is 25.6 Å². The standard InChI is InChI=1S/C9H3BrClF2NO/c10-7-8(14-15-9(7)11)5-2-1-4(12)3-6(5)13/h1-3H. The van der Waals surface area contributed by atoms with Crippen LogP contribution in [0.1, 0.15) is 0 Å². The molecule has 2 aromatic rings. The lowest BCUT2D eigenvalue weighted by atomic mass is 10.1. The van der Waals surface area contributed by atoms with Crippen molar-refractivity contribution < 1.29 is 13.3 Å². The predicted octanol–water partition coefficient (Wildman–Crippen LogP) is 4.04. The van der Waals surface area contributed by atoms with Crippen LogP contribution in [-0.4, -0.2) is 5.16 Å². The number of halogens is 4. The van der Waals surface area contributed by atoms with Crippen LogP contribution < -0.4 is 0 Å². The summed E-state index contributed by atoms with van der Waals surface area (Å²) in [5, 5.41) is 3.58. The number of nitrogens with zero attached hydrogens (tertiary/aromatic N) is 1. The van der Waals surface area contributed by atoms with Gasteiger partial charge in [0.25, 0.3) is 0 Å². The first-order valence-electron chi connectivity index (χ1n) is 3.85. The third-order valence-electron chi connectivity index (χ3n) is 1.78. The van der Waals surface area contributed by atoms with Crippen molar-refractivity contribution in [2.24, 2.45) is 0 Å². The van der Waals surface area contributed by atoms with E-state index in [1.54, 1.807) is 0 Å². The Labute approximate surface area is 97.0 Å². The Morgan fingerprint density at radius 3 is 2.60 bits per heavy atom. The van der Waals surface area contributed by atoms with E-state index in [1.807, 2.05) is 0 Å². The molecule has 0 radical (unpaired) electrons. The average molecular weight is 294 g/mol. The van der Waals surface area contributed by atoms with E-state index in [0.717, 1.165) is 12.1 Å². The van der Waals surface area contributed by atoms with Gasteiger partial charge in [0.05, 0.1) is 0 Å². The van der Waals surface area contributed by atoms with Crippen LogP contribution in [0.5, 0.6) is 0 Å². The molecule has 0 aliphatic heterocycles. The quantitative estimate of drug-likeness (QED) is 0.793.